The number of hydrogen-bond donors (Lipinski definition) is 0. The molecule has 0 saturated heterocycles. The van der Waals surface area contributed by atoms with Crippen LogP contribution in [0.1, 0.15) is 6.92 Å². The minimum absolute atomic E-state index is 0.639. The van der Waals surface area contributed by atoms with E-state index in [2.05, 4.69) is 9.47 Å². The van der Waals surface area contributed by atoms with Crippen LogP contribution in [0.3, 0.4) is 0 Å². The first-order valence-electron chi connectivity index (χ1n) is 3.68. The quantitative estimate of drug-likeness (QED) is 0.725. The first-order valence-corrected chi connectivity index (χ1v) is 3.68. The second-order valence-electron chi connectivity index (χ2n) is 2.70. The Morgan fingerprint density at radius 2 is 1.38 bits per heavy atom. The Morgan fingerprint density at radius 1 is 0.938 bits per heavy atom. The molecule has 98 valence electrons. The van der Waals surface area contributed by atoms with Crippen LogP contribution >= 0.6 is 0 Å². The van der Waals surface area contributed by atoms with Crippen LogP contribution in [0.25, 0.3) is 0 Å². The average Bonchev–Trinajstić information content (AvgIpc) is 1.95. The third-order valence-corrected chi connectivity index (χ3v) is 1.16. The summed E-state index contributed by atoms with van der Waals surface area (Å²) in [7, 11) is 0. The predicted octanol–water partition coefficient (Wildman–Crippen LogP) is 3.08. The summed E-state index contributed by atoms with van der Waals surface area (Å²) in [5.74, 6) is 0. The van der Waals surface area contributed by atoms with Crippen molar-refractivity contribution in [3.05, 3.63) is 0 Å². The highest BCUT2D eigenvalue weighted by molar-refractivity contribution is 4.65. The number of ether oxygens (including phenoxy) is 2. The second-order valence-corrected chi connectivity index (χ2v) is 2.70. The Balaban J connectivity index is 4.16. The van der Waals surface area contributed by atoms with Gasteiger partial charge in [-0.3, -0.25) is 4.74 Å². The van der Waals surface area contributed by atoms with E-state index < -0.39 is 31.4 Å². The molecular formula is C6H6F8O2. The summed E-state index contributed by atoms with van der Waals surface area (Å²) >= 11 is 0. The summed E-state index contributed by atoms with van der Waals surface area (Å²) in [6.07, 6.45) is -18.6. The highest BCUT2D eigenvalue weighted by Crippen LogP contribution is 2.36. The van der Waals surface area contributed by atoms with Gasteiger partial charge in [-0.1, -0.05) is 0 Å². The topological polar surface area (TPSA) is 18.5 Å². The lowest BCUT2D eigenvalue weighted by Crippen LogP contribution is -2.41. The number of rotatable bonds is 4. The Kier molecular flexibility index (Phi) is 4.51. The summed E-state index contributed by atoms with van der Waals surface area (Å²) in [5, 5.41) is 0. The molecule has 16 heavy (non-hydrogen) atoms. The van der Waals surface area contributed by atoms with Crippen LogP contribution in [-0.2, 0) is 9.47 Å². The first-order chi connectivity index (χ1) is 6.85. The highest BCUT2D eigenvalue weighted by atomic mass is 19.4. The molecule has 0 aliphatic heterocycles. The standard InChI is InChI=1S/C6H6F8O2/c1-3(16-6(12,13)14)2-15-5(10,11)4(7,8)9/h3H,2H2,1H3. The Hall–Kier alpha value is -0.640. The van der Waals surface area contributed by atoms with E-state index in [0.29, 0.717) is 6.92 Å². The van der Waals surface area contributed by atoms with Gasteiger partial charge in [0.2, 0.25) is 0 Å². The maximum atomic E-state index is 12.0. The molecule has 0 N–H and O–H groups in total. The van der Waals surface area contributed by atoms with Crippen molar-refractivity contribution in [3.8, 4) is 0 Å². The fourth-order valence-corrected chi connectivity index (χ4v) is 0.566. The Morgan fingerprint density at radius 3 is 1.69 bits per heavy atom. The molecular weight excluding hydrogens is 256 g/mol. The summed E-state index contributed by atoms with van der Waals surface area (Å²) in [5.41, 5.74) is 0. The molecule has 1 atom stereocenters. The van der Waals surface area contributed by atoms with Crippen LogP contribution in [0.5, 0.6) is 0 Å². The monoisotopic (exact) mass is 262 g/mol. The van der Waals surface area contributed by atoms with E-state index in [0.717, 1.165) is 0 Å². The summed E-state index contributed by atoms with van der Waals surface area (Å²) in [4.78, 5) is 0. The van der Waals surface area contributed by atoms with Gasteiger partial charge in [-0.25, -0.2) is 0 Å². The van der Waals surface area contributed by atoms with Gasteiger partial charge < -0.3 is 4.74 Å². The van der Waals surface area contributed by atoms with Gasteiger partial charge in [0.25, 0.3) is 0 Å². The molecule has 0 saturated carbocycles. The molecule has 0 aromatic heterocycles. The van der Waals surface area contributed by atoms with Crippen LogP contribution in [0.2, 0.25) is 0 Å². The van der Waals surface area contributed by atoms with Gasteiger partial charge in [0.1, 0.15) is 0 Å². The molecule has 0 aromatic rings. The maximum Gasteiger partial charge on any atom is 0.522 e. The Bertz CT molecular complexity index is 220. The van der Waals surface area contributed by atoms with E-state index in [9.17, 15) is 35.1 Å². The highest BCUT2D eigenvalue weighted by Gasteiger charge is 2.59. The largest absolute Gasteiger partial charge is 0.522 e. The van der Waals surface area contributed by atoms with Crippen LogP contribution in [0.4, 0.5) is 35.1 Å². The molecule has 0 spiro atoms. The lowest BCUT2D eigenvalue weighted by atomic mass is 10.4. The number of halogens is 8. The van der Waals surface area contributed by atoms with Gasteiger partial charge >= 0.3 is 18.6 Å². The molecule has 0 radical (unpaired) electrons. The Labute approximate surface area is 84.1 Å². The summed E-state index contributed by atoms with van der Waals surface area (Å²) in [6, 6.07) is 0. The van der Waals surface area contributed by atoms with E-state index in [4.69, 9.17) is 0 Å². The van der Waals surface area contributed by atoms with Crippen molar-refractivity contribution in [2.24, 2.45) is 0 Å². The minimum Gasteiger partial charge on any atom is -0.310 e. The first kappa shape index (κ1) is 15.4. The van der Waals surface area contributed by atoms with Crippen molar-refractivity contribution in [3.63, 3.8) is 0 Å². The van der Waals surface area contributed by atoms with Crippen molar-refractivity contribution in [1.29, 1.82) is 0 Å². The lowest BCUT2D eigenvalue weighted by Gasteiger charge is -2.22. The van der Waals surface area contributed by atoms with Crippen LogP contribution in [0.15, 0.2) is 0 Å². The smallest absolute Gasteiger partial charge is 0.310 e. The van der Waals surface area contributed by atoms with Gasteiger partial charge in [-0.05, 0) is 6.92 Å². The fourth-order valence-electron chi connectivity index (χ4n) is 0.566. The van der Waals surface area contributed by atoms with E-state index in [1.54, 1.807) is 0 Å². The molecule has 0 rings (SSSR count). The zero-order valence-corrected chi connectivity index (χ0v) is 7.62. The van der Waals surface area contributed by atoms with Gasteiger partial charge in [0, 0.05) is 0 Å². The zero-order chi connectivity index (χ0) is 13.2. The van der Waals surface area contributed by atoms with E-state index in [-0.39, 0.29) is 0 Å². The van der Waals surface area contributed by atoms with E-state index in [1.807, 2.05) is 0 Å². The fraction of sp³-hybridized carbons (Fsp3) is 1.00. The van der Waals surface area contributed by atoms with E-state index in [1.165, 1.54) is 0 Å². The molecule has 0 bridgehead atoms. The molecule has 1 unspecified atom stereocenters. The zero-order valence-electron chi connectivity index (χ0n) is 7.62. The molecule has 0 amide bonds. The van der Waals surface area contributed by atoms with Crippen LogP contribution in [-0.4, -0.2) is 31.4 Å². The molecule has 0 aromatic carbocycles. The van der Waals surface area contributed by atoms with Crippen LogP contribution < -0.4 is 0 Å². The third kappa shape index (κ3) is 5.45. The third-order valence-electron chi connectivity index (χ3n) is 1.16. The van der Waals surface area contributed by atoms with Crippen molar-refractivity contribution >= 4 is 0 Å². The van der Waals surface area contributed by atoms with E-state index >= 15 is 0 Å². The lowest BCUT2D eigenvalue weighted by molar-refractivity contribution is -0.403. The van der Waals surface area contributed by atoms with Crippen molar-refractivity contribution in [2.45, 2.75) is 31.7 Å². The predicted molar refractivity (Wildman–Crippen MR) is 33.6 cm³/mol. The normalized spacial score (nSPS) is 16.3. The van der Waals surface area contributed by atoms with Gasteiger partial charge in [0.15, 0.2) is 0 Å². The number of hydrogen-bond acceptors (Lipinski definition) is 2. The summed E-state index contributed by atoms with van der Waals surface area (Å²) < 4.78 is 99.1. The molecule has 10 heteroatoms. The summed E-state index contributed by atoms with van der Waals surface area (Å²) in [6.45, 7) is -0.911. The van der Waals surface area contributed by atoms with Crippen molar-refractivity contribution in [1.82, 2.24) is 0 Å². The second kappa shape index (κ2) is 4.70. The van der Waals surface area contributed by atoms with Gasteiger partial charge in [-0.2, -0.15) is 22.0 Å². The minimum atomic E-state index is -5.98. The van der Waals surface area contributed by atoms with Crippen molar-refractivity contribution in [2.75, 3.05) is 6.61 Å². The maximum absolute atomic E-state index is 12.0. The van der Waals surface area contributed by atoms with Crippen molar-refractivity contribution < 1.29 is 44.6 Å². The molecule has 2 nitrogen and oxygen atoms in total. The molecule has 0 fully saturated rings. The SMILES string of the molecule is CC(COC(F)(F)C(F)(F)F)OC(F)(F)F. The molecule has 0 aliphatic rings. The molecule has 0 heterocycles. The molecule has 0 aliphatic carbocycles. The van der Waals surface area contributed by atoms with Gasteiger partial charge in [-0.15, -0.1) is 13.2 Å². The van der Waals surface area contributed by atoms with Gasteiger partial charge in [0.05, 0.1) is 12.7 Å². The number of alkyl halides is 8. The van der Waals surface area contributed by atoms with Crippen LogP contribution in [0, 0.1) is 0 Å². The average molecular weight is 262 g/mol.